The van der Waals surface area contributed by atoms with Gasteiger partial charge in [0.15, 0.2) is 0 Å². The summed E-state index contributed by atoms with van der Waals surface area (Å²) in [5.41, 5.74) is 10.6. The van der Waals surface area contributed by atoms with E-state index < -0.39 is 8.07 Å². The Bertz CT molecular complexity index is 3160. The monoisotopic (exact) mass is 721 g/mol. The Morgan fingerprint density at radius 2 is 1.19 bits per heavy atom. The zero-order chi connectivity index (χ0) is 36.1. The standard InChI is InChI=1S/C46H31B3N3PS/c47-27-24-34(48)42(35(49)25-27)43-32-18-8-10-20-36(32)50-46(51-43)52-44-41(31-17-7-6-16-30(31)39-33-19-9-11-21-38(33)54-45(39)44)40-29-15-5-4-12-26(29)22-23-37(40)53(52)28-13-2-1-3-14-28/h1-25H,47-49H2. The molecule has 0 radical (unpaired) electrons. The first-order valence-electron chi connectivity index (χ1n) is 18.4. The van der Waals surface area contributed by atoms with Crippen LogP contribution in [0.15, 0.2) is 152 Å². The second kappa shape index (κ2) is 12.1. The molecule has 250 valence electrons. The molecule has 0 amide bonds. The molecule has 3 heterocycles. The number of fused-ring (bicyclic) bond motifs is 13. The molecular weight excluding hydrogens is 690 g/mol. The van der Waals surface area contributed by atoms with E-state index in [9.17, 15) is 0 Å². The van der Waals surface area contributed by atoms with E-state index in [0.29, 0.717) is 0 Å². The normalized spacial score (nSPS) is 13.9. The molecule has 2 aromatic heterocycles. The molecule has 8 aromatic carbocycles. The van der Waals surface area contributed by atoms with E-state index >= 15 is 0 Å². The van der Waals surface area contributed by atoms with Crippen LogP contribution in [0.4, 0.5) is 11.6 Å². The Hall–Kier alpha value is -5.74. The summed E-state index contributed by atoms with van der Waals surface area (Å²) in [6, 6.07) is 55.6. The van der Waals surface area contributed by atoms with Gasteiger partial charge < -0.3 is 0 Å². The van der Waals surface area contributed by atoms with Gasteiger partial charge >= 0.3 is 0 Å². The van der Waals surface area contributed by atoms with Gasteiger partial charge in [-0.05, 0) is 39.2 Å². The predicted octanol–water partition coefficient (Wildman–Crippen LogP) is 6.91. The SMILES string of the molecule is Bc1cc(B)c(-c2nc(N3c4c(c5ccccc5c5c4sc4ccccc45)-c4c(ccc5ccccc45)P3c3ccccc3)nc3ccccc23)c(B)c1. The number of anilines is 2. The number of benzene rings is 8. The number of para-hydroxylation sites is 1. The summed E-state index contributed by atoms with van der Waals surface area (Å²) in [7, 11) is 5.42. The van der Waals surface area contributed by atoms with Crippen molar-refractivity contribution in [2.75, 3.05) is 4.67 Å². The number of hydrogen-bond acceptors (Lipinski definition) is 4. The maximum atomic E-state index is 5.73. The van der Waals surface area contributed by atoms with E-state index in [2.05, 4.69) is 180 Å². The van der Waals surface area contributed by atoms with Gasteiger partial charge in [-0.15, -0.1) is 11.3 Å². The molecule has 3 nitrogen and oxygen atoms in total. The molecule has 0 saturated heterocycles. The Morgan fingerprint density at radius 1 is 0.537 bits per heavy atom. The van der Waals surface area contributed by atoms with Gasteiger partial charge in [0.2, 0.25) is 5.95 Å². The molecule has 8 heteroatoms. The van der Waals surface area contributed by atoms with Crippen LogP contribution in [0, 0.1) is 0 Å². The molecule has 1 atom stereocenters. The zero-order valence-electron chi connectivity index (χ0n) is 30.1. The topological polar surface area (TPSA) is 29.0 Å². The lowest BCUT2D eigenvalue weighted by Gasteiger charge is -2.40. The average molecular weight is 721 g/mol. The summed E-state index contributed by atoms with van der Waals surface area (Å²) in [6.45, 7) is 0. The minimum absolute atomic E-state index is 0.729. The quantitative estimate of drug-likeness (QED) is 0.147. The molecule has 0 fully saturated rings. The smallest absolute Gasteiger partial charge is 0.235 e. The van der Waals surface area contributed by atoms with Gasteiger partial charge in [0.05, 0.1) is 29.7 Å². The van der Waals surface area contributed by atoms with Crippen molar-refractivity contribution in [2.24, 2.45) is 0 Å². The highest BCUT2D eigenvalue weighted by atomic mass is 32.1. The van der Waals surface area contributed by atoms with Gasteiger partial charge in [0, 0.05) is 42.6 Å². The van der Waals surface area contributed by atoms with Crippen LogP contribution >= 0.6 is 19.4 Å². The Morgan fingerprint density at radius 3 is 1.98 bits per heavy atom. The van der Waals surface area contributed by atoms with Crippen molar-refractivity contribution in [1.82, 2.24) is 9.97 Å². The van der Waals surface area contributed by atoms with E-state index in [-0.39, 0.29) is 0 Å². The van der Waals surface area contributed by atoms with E-state index in [1.807, 2.05) is 11.3 Å². The van der Waals surface area contributed by atoms with Gasteiger partial charge in [-0.2, -0.15) is 0 Å². The lowest BCUT2D eigenvalue weighted by Crippen LogP contribution is -2.32. The predicted molar refractivity (Wildman–Crippen MR) is 244 cm³/mol. The van der Waals surface area contributed by atoms with Crippen LogP contribution in [-0.4, -0.2) is 33.5 Å². The number of thiophene rings is 1. The molecule has 0 spiro atoms. The molecule has 1 unspecified atom stereocenters. The number of hydrogen-bond donors (Lipinski definition) is 0. The van der Waals surface area contributed by atoms with Crippen molar-refractivity contribution >= 4 is 134 Å². The summed E-state index contributed by atoms with van der Waals surface area (Å²) in [5.74, 6) is 0.729. The molecule has 0 N–H and O–H groups in total. The van der Waals surface area contributed by atoms with Crippen molar-refractivity contribution in [2.45, 2.75) is 0 Å². The van der Waals surface area contributed by atoms with Crippen LogP contribution in [0.25, 0.3) is 75.0 Å². The fourth-order valence-corrected chi connectivity index (χ4v) is 12.8. The molecular formula is C46H31B3N3PS. The van der Waals surface area contributed by atoms with Gasteiger partial charge in [0.1, 0.15) is 23.5 Å². The summed E-state index contributed by atoms with van der Waals surface area (Å²) in [4.78, 5) is 11.3. The van der Waals surface area contributed by atoms with Crippen LogP contribution in [0.3, 0.4) is 0 Å². The maximum absolute atomic E-state index is 5.73. The number of rotatable bonds is 3. The van der Waals surface area contributed by atoms with Crippen LogP contribution in [0.2, 0.25) is 0 Å². The zero-order valence-corrected chi connectivity index (χ0v) is 31.8. The molecule has 0 aliphatic carbocycles. The van der Waals surface area contributed by atoms with Crippen LogP contribution in [-0.2, 0) is 0 Å². The Balaban J connectivity index is 1.37. The van der Waals surface area contributed by atoms with Crippen molar-refractivity contribution in [3.63, 3.8) is 0 Å². The van der Waals surface area contributed by atoms with E-state index in [1.165, 1.54) is 91.1 Å². The first kappa shape index (κ1) is 31.8. The van der Waals surface area contributed by atoms with Crippen molar-refractivity contribution in [3.8, 4) is 22.4 Å². The molecule has 10 aromatic rings. The van der Waals surface area contributed by atoms with Crippen LogP contribution < -0.4 is 31.7 Å². The van der Waals surface area contributed by atoms with Crippen LogP contribution in [0.5, 0.6) is 0 Å². The van der Waals surface area contributed by atoms with E-state index in [4.69, 9.17) is 9.97 Å². The second-order valence-corrected chi connectivity index (χ2v) is 17.4. The first-order valence-corrected chi connectivity index (χ1v) is 20.5. The van der Waals surface area contributed by atoms with Gasteiger partial charge in [-0.25, -0.2) is 9.97 Å². The molecule has 1 aliphatic heterocycles. The van der Waals surface area contributed by atoms with Crippen molar-refractivity contribution < 1.29 is 0 Å². The first-order chi connectivity index (χ1) is 26.5. The molecule has 1 aliphatic rings. The van der Waals surface area contributed by atoms with Crippen LogP contribution in [0.1, 0.15) is 0 Å². The highest BCUT2D eigenvalue weighted by Gasteiger charge is 2.39. The number of aromatic nitrogens is 2. The Labute approximate surface area is 321 Å². The van der Waals surface area contributed by atoms with Crippen molar-refractivity contribution in [1.29, 1.82) is 0 Å². The third kappa shape index (κ3) is 4.62. The van der Waals surface area contributed by atoms with Gasteiger partial charge in [-0.1, -0.05) is 156 Å². The average Bonchev–Trinajstić information content (AvgIpc) is 3.60. The summed E-state index contributed by atoms with van der Waals surface area (Å²) < 4.78 is 5.11. The Kier molecular flexibility index (Phi) is 7.14. The summed E-state index contributed by atoms with van der Waals surface area (Å²) >= 11 is 1.89. The second-order valence-electron chi connectivity index (χ2n) is 14.4. The molecule has 11 rings (SSSR count). The van der Waals surface area contributed by atoms with Crippen molar-refractivity contribution in [3.05, 3.63) is 152 Å². The largest absolute Gasteiger partial charge is 0.278 e. The van der Waals surface area contributed by atoms with E-state index in [1.54, 1.807) is 0 Å². The molecule has 0 saturated carbocycles. The lowest BCUT2D eigenvalue weighted by molar-refractivity contribution is 1.17. The minimum atomic E-state index is -1.18. The third-order valence-electron chi connectivity index (χ3n) is 11.0. The minimum Gasteiger partial charge on any atom is -0.278 e. The maximum Gasteiger partial charge on any atom is 0.235 e. The fourth-order valence-electron chi connectivity index (χ4n) is 8.92. The summed E-state index contributed by atoms with van der Waals surface area (Å²) in [5, 5.41) is 11.3. The highest BCUT2D eigenvalue weighted by molar-refractivity contribution is 7.75. The van der Waals surface area contributed by atoms with Gasteiger partial charge in [-0.3, -0.25) is 4.67 Å². The van der Waals surface area contributed by atoms with E-state index in [0.717, 1.165) is 22.5 Å². The molecule has 54 heavy (non-hydrogen) atoms. The van der Waals surface area contributed by atoms with Gasteiger partial charge in [0.25, 0.3) is 0 Å². The highest BCUT2D eigenvalue weighted by Crippen LogP contribution is 2.62. The molecule has 0 bridgehead atoms. The summed E-state index contributed by atoms with van der Waals surface area (Å²) in [6.07, 6.45) is 0. The lowest BCUT2D eigenvalue weighted by atomic mass is 9.75. The number of nitrogens with zero attached hydrogens (tertiary/aromatic N) is 3. The third-order valence-corrected chi connectivity index (χ3v) is 14.6. The fraction of sp³-hybridized carbons (Fsp3) is 0.